The van der Waals surface area contributed by atoms with E-state index in [1.807, 2.05) is 12.1 Å². The van der Waals surface area contributed by atoms with E-state index in [1.165, 1.54) is 5.57 Å². The second-order valence-corrected chi connectivity index (χ2v) is 3.95. The van der Waals surface area contributed by atoms with Crippen LogP contribution >= 0.6 is 0 Å². The van der Waals surface area contributed by atoms with Gasteiger partial charge in [-0.25, -0.2) is 0 Å². The van der Waals surface area contributed by atoms with Gasteiger partial charge in [-0.15, -0.1) is 0 Å². The van der Waals surface area contributed by atoms with Crippen LogP contribution in [0.2, 0.25) is 0 Å². The standard InChI is InChI=1S/C14H13NO/c1-10-3-4-11(2)14(10)16-13-7-5-12(9-15)6-8-13/h5-8H,1,3-4H2,2H3. The number of nitrogens with zero attached hydrogens (tertiary/aromatic N) is 1. The highest BCUT2D eigenvalue weighted by Gasteiger charge is 2.16. The van der Waals surface area contributed by atoms with Gasteiger partial charge in [-0.05, 0) is 55.2 Å². The molecule has 1 aliphatic rings. The molecule has 0 spiro atoms. The van der Waals surface area contributed by atoms with E-state index in [1.54, 1.807) is 12.1 Å². The predicted molar refractivity (Wildman–Crippen MR) is 62.9 cm³/mol. The SMILES string of the molecule is C=C1CCC(C)=C1Oc1ccc(C#N)cc1. The van der Waals surface area contributed by atoms with E-state index in [9.17, 15) is 0 Å². The number of ether oxygens (including phenoxy) is 1. The molecule has 0 heterocycles. The minimum atomic E-state index is 0.642. The topological polar surface area (TPSA) is 33.0 Å². The van der Waals surface area contributed by atoms with Gasteiger partial charge in [0, 0.05) is 0 Å². The summed E-state index contributed by atoms with van der Waals surface area (Å²) in [5.74, 6) is 1.67. The maximum absolute atomic E-state index is 8.68. The van der Waals surface area contributed by atoms with Gasteiger partial charge in [0.15, 0.2) is 0 Å². The largest absolute Gasteiger partial charge is 0.457 e. The van der Waals surface area contributed by atoms with E-state index >= 15 is 0 Å². The first-order valence-electron chi connectivity index (χ1n) is 5.26. The van der Waals surface area contributed by atoms with Crippen LogP contribution in [0, 0.1) is 11.3 Å². The van der Waals surface area contributed by atoms with Crippen molar-refractivity contribution >= 4 is 0 Å². The summed E-state index contributed by atoms with van der Waals surface area (Å²) in [5.41, 5.74) is 2.94. The fourth-order valence-corrected chi connectivity index (χ4v) is 1.74. The van der Waals surface area contributed by atoms with Crippen LogP contribution in [-0.4, -0.2) is 0 Å². The van der Waals surface area contributed by atoms with Crippen molar-refractivity contribution in [2.45, 2.75) is 19.8 Å². The Balaban J connectivity index is 2.19. The van der Waals surface area contributed by atoms with Crippen LogP contribution in [0.3, 0.4) is 0 Å². The lowest BCUT2D eigenvalue weighted by atomic mass is 10.2. The van der Waals surface area contributed by atoms with Crippen molar-refractivity contribution in [1.82, 2.24) is 0 Å². The lowest BCUT2D eigenvalue weighted by molar-refractivity contribution is 0.435. The Kier molecular flexibility index (Phi) is 2.78. The summed E-state index contributed by atoms with van der Waals surface area (Å²) < 4.78 is 5.77. The first kappa shape index (κ1) is 10.5. The molecule has 0 radical (unpaired) electrons. The molecule has 0 aromatic heterocycles. The molecular weight excluding hydrogens is 198 g/mol. The highest BCUT2D eigenvalue weighted by atomic mass is 16.5. The molecule has 0 saturated heterocycles. The summed E-state index contributed by atoms with van der Waals surface area (Å²) in [6.07, 6.45) is 2.02. The van der Waals surface area contributed by atoms with Gasteiger partial charge in [0.05, 0.1) is 11.6 Å². The number of allylic oxidation sites excluding steroid dienone is 2. The lowest BCUT2D eigenvalue weighted by Crippen LogP contribution is -1.95. The van der Waals surface area contributed by atoms with Crippen molar-refractivity contribution in [3.8, 4) is 11.8 Å². The molecule has 0 unspecified atom stereocenters. The van der Waals surface area contributed by atoms with Crippen molar-refractivity contribution in [3.63, 3.8) is 0 Å². The second-order valence-electron chi connectivity index (χ2n) is 3.95. The molecule has 80 valence electrons. The Morgan fingerprint density at radius 1 is 1.25 bits per heavy atom. The molecular formula is C14H13NO. The molecule has 1 aliphatic carbocycles. The van der Waals surface area contributed by atoms with Gasteiger partial charge in [-0.1, -0.05) is 6.58 Å². The predicted octanol–water partition coefficient (Wildman–Crippen LogP) is 3.56. The normalized spacial score (nSPS) is 15.1. The molecule has 0 N–H and O–H groups in total. The van der Waals surface area contributed by atoms with E-state index in [0.717, 1.165) is 29.9 Å². The molecule has 0 saturated carbocycles. The first-order chi connectivity index (χ1) is 7.70. The Bertz CT molecular complexity index is 488. The maximum Gasteiger partial charge on any atom is 0.128 e. The van der Waals surface area contributed by atoms with Gasteiger partial charge in [-0.3, -0.25) is 0 Å². The van der Waals surface area contributed by atoms with Crippen molar-refractivity contribution in [1.29, 1.82) is 5.26 Å². The van der Waals surface area contributed by atoms with Crippen molar-refractivity contribution in [2.75, 3.05) is 0 Å². The molecule has 0 atom stereocenters. The number of hydrogen-bond acceptors (Lipinski definition) is 2. The van der Waals surface area contributed by atoms with Gasteiger partial charge >= 0.3 is 0 Å². The van der Waals surface area contributed by atoms with E-state index in [-0.39, 0.29) is 0 Å². The van der Waals surface area contributed by atoms with Crippen molar-refractivity contribution in [2.24, 2.45) is 0 Å². The smallest absolute Gasteiger partial charge is 0.128 e. The van der Waals surface area contributed by atoms with Crippen LogP contribution in [0.4, 0.5) is 0 Å². The second kappa shape index (κ2) is 4.24. The summed E-state index contributed by atoms with van der Waals surface area (Å²) in [7, 11) is 0. The molecule has 1 aromatic carbocycles. The number of benzene rings is 1. The van der Waals surface area contributed by atoms with Crippen LogP contribution in [0.5, 0.6) is 5.75 Å². The number of hydrogen-bond donors (Lipinski definition) is 0. The minimum Gasteiger partial charge on any atom is -0.457 e. The molecule has 0 aliphatic heterocycles. The van der Waals surface area contributed by atoms with Crippen molar-refractivity contribution < 1.29 is 4.74 Å². The molecule has 0 bridgehead atoms. The zero-order valence-electron chi connectivity index (χ0n) is 9.29. The molecule has 0 fully saturated rings. The average molecular weight is 211 g/mol. The Hall–Kier alpha value is -2.01. The molecule has 16 heavy (non-hydrogen) atoms. The average Bonchev–Trinajstić information content (AvgIpc) is 2.62. The first-order valence-corrected chi connectivity index (χ1v) is 5.26. The van der Waals surface area contributed by atoms with Gasteiger partial charge in [-0.2, -0.15) is 5.26 Å². The Morgan fingerprint density at radius 2 is 1.94 bits per heavy atom. The summed E-state index contributed by atoms with van der Waals surface area (Å²) in [5, 5.41) is 8.68. The molecule has 1 aromatic rings. The van der Waals surface area contributed by atoms with E-state index in [2.05, 4.69) is 19.6 Å². The van der Waals surface area contributed by atoms with Gasteiger partial charge in [0.1, 0.15) is 11.5 Å². The third kappa shape index (κ3) is 1.99. The highest BCUT2D eigenvalue weighted by Crippen LogP contribution is 2.31. The third-order valence-electron chi connectivity index (χ3n) is 2.71. The summed E-state index contributed by atoms with van der Waals surface area (Å²) in [6, 6.07) is 9.21. The summed E-state index contributed by atoms with van der Waals surface area (Å²) in [6.45, 7) is 6.05. The Morgan fingerprint density at radius 3 is 2.44 bits per heavy atom. The maximum atomic E-state index is 8.68. The molecule has 2 heteroatoms. The number of rotatable bonds is 2. The minimum absolute atomic E-state index is 0.642. The number of nitriles is 1. The quantitative estimate of drug-likeness (QED) is 0.749. The van der Waals surface area contributed by atoms with Crippen LogP contribution in [0.15, 0.2) is 47.7 Å². The monoisotopic (exact) mass is 211 g/mol. The third-order valence-corrected chi connectivity index (χ3v) is 2.71. The molecule has 0 amide bonds. The van der Waals surface area contributed by atoms with E-state index in [4.69, 9.17) is 10.00 Å². The fraction of sp³-hybridized carbons (Fsp3) is 0.214. The van der Waals surface area contributed by atoms with Gasteiger partial charge < -0.3 is 4.74 Å². The Labute approximate surface area is 95.5 Å². The molecule has 2 nitrogen and oxygen atoms in total. The summed E-state index contributed by atoms with van der Waals surface area (Å²) >= 11 is 0. The zero-order chi connectivity index (χ0) is 11.5. The van der Waals surface area contributed by atoms with Crippen LogP contribution in [0.25, 0.3) is 0 Å². The van der Waals surface area contributed by atoms with Gasteiger partial charge in [0.25, 0.3) is 0 Å². The van der Waals surface area contributed by atoms with Gasteiger partial charge in [0.2, 0.25) is 0 Å². The highest BCUT2D eigenvalue weighted by molar-refractivity contribution is 5.40. The van der Waals surface area contributed by atoms with Crippen molar-refractivity contribution in [3.05, 3.63) is 53.3 Å². The van der Waals surface area contributed by atoms with Crippen LogP contribution < -0.4 is 4.74 Å². The van der Waals surface area contributed by atoms with E-state index < -0.39 is 0 Å². The fourth-order valence-electron chi connectivity index (χ4n) is 1.74. The lowest BCUT2D eigenvalue weighted by Gasteiger charge is -2.08. The van der Waals surface area contributed by atoms with Crippen LogP contribution in [-0.2, 0) is 0 Å². The van der Waals surface area contributed by atoms with E-state index in [0.29, 0.717) is 5.56 Å². The molecule has 2 rings (SSSR count). The zero-order valence-corrected chi connectivity index (χ0v) is 9.29. The van der Waals surface area contributed by atoms with Crippen LogP contribution in [0.1, 0.15) is 25.3 Å². The summed E-state index contributed by atoms with van der Waals surface area (Å²) in [4.78, 5) is 0.